The molecule has 1 aromatic heterocycles. The summed E-state index contributed by atoms with van der Waals surface area (Å²) in [5, 5.41) is 0.0173. The Balaban J connectivity index is 2.25. The van der Waals surface area contributed by atoms with Crippen LogP contribution in [0.3, 0.4) is 0 Å². The summed E-state index contributed by atoms with van der Waals surface area (Å²) in [6.45, 7) is 2.29. The SMILES string of the molecule is Cc1cc(CN)cnc1Oc1ccc(F)c(Cl)c1. The summed E-state index contributed by atoms with van der Waals surface area (Å²) in [6.07, 6.45) is 1.65. The van der Waals surface area contributed by atoms with E-state index in [1.54, 1.807) is 6.20 Å². The van der Waals surface area contributed by atoms with Crippen molar-refractivity contribution < 1.29 is 9.13 Å². The number of aromatic nitrogens is 1. The summed E-state index contributed by atoms with van der Waals surface area (Å²) in [7, 11) is 0. The van der Waals surface area contributed by atoms with Gasteiger partial charge in [-0.2, -0.15) is 0 Å². The molecule has 2 N–H and O–H groups in total. The molecule has 0 atom stereocenters. The van der Waals surface area contributed by atoms with E-state index in [-0.39, 0.29) is 5.02 Å². The first-order chi connectivity index (χ1) is 8.60. The Hall–Kier alpha value is -1.65. The molecule has 3 nitrogen and oxygen atoms in total. The van der Waals surface area contributed by atoms with E-state index in [0.29, 0.717) is 18.2 Å². The van der Waals surface area contributed by atoms with Crippen LogP contribution in [-0.2, 0) is 6.54 Å². The molecule has 0 bridgehead atoms. The largest absolute Gasteiger partial charge is 0.439 e. The lowest BCUT2D eigenvalue weighted by Gasteiger charge is -2.09. The molecule has 0 saturated carbocycles. The van der Waals surface area contributed by atoms with Crippen molar-refractivity contribution in [2.24, 2.45) is 5.73 Å². The number of nitrogens with two attached hydrogens (primary N) is 1. The number of halogens is 2. The third kappa shape index (κ3) is 2.78. The smallest absolute Gasteiger partial charge is 0.222 e. The molecule has 94 valence electrons. The lowest BCUT2D eigenvalue weighted by Crippen LogP contribution is -1.99. The fourth-order valence-electron chi connectivity index (χ4n) is 1.49. The molecule has 0 aliphatic heterocycles. The molecule has 0 unspecified atom stereocenters. The van der Waals surface area contributed by atoms with E-state index < -0.39 is 5.82 Å². The van der Waals surface area contributed by atoms with Crippen LogP contribution in [0.4, 0.5) is 4.39 Å². The van der Waals surface area contributed by atoms with Crippen molar-refractivity contribution in [2.45, 2.75) is 13.5 Å². The van der Waals surface area contributed by atoms with Gasteiger partial charge in [0.15, 0.2) is 0 Å². The zero-order valence-electron chi connectivity index (χ0n) is 9.78. The van der Waals surface area contributed by atoms with Crippen LogP contribution in [0, 0.1) is 12.7 Å². The van der Waals surface area contributed by atoms with E-state index in [2.05, 4.69) is 4.98 Å². The lowest BCUT2D eigenvalue weighted by molar-refractivity contribution is 0.457. The number of ether oxygens (including phenoxy) is 1. The quantitative estimate of drug-likeness (QED) is 0.926. The number of rotatable bonds is 3. The second-order valence-corrected chi connectivity index (χ2v) is 4.25. The Kier molecular flexibility index (Phi) is 3.79. The number of benzene rings is 1. The Labute approximate surface area is 109 Å². The summed E-state index contributed by atoms with van der Waals surface area (Å²) in [5.74, 6) is 0.416. The third-order valence-electron chi connectivity index (χ3n) is 2.43. The number of hydrogen-bond donors (Lipinski definition) is 1. The normalized spacial score (nSPS) is 10.4. The van der Waals surface area contributed by atoms with Gasteiger partial charge in [0.05, 0.1) is 5.02 Å². The van der Waals surface area contributed by atoms with Crippen LogP contribution in [-0.4, -0.2) is 4.98 Å². The maximum Gasteiger partial charge on any atom is 0.222 e. The number of aryl methyl sites for hydroxylation is 1. The number of nitrogens with zero attached hydrogens (tertiary/aromatic N) is 1. The summed E-state index contributed by atoms with van der Waals surface area (Å²) < 4.78 is 18.5. The van der Waals surface area contributed by atoms with Crippen molar-refractivity contribution in [3.63, 3.8) is 0 Å². The van der Waals surface area contributed by atoms with Gasteiger partial charge in [-0.25, -0.2) is 9.37 Å². The van der Waals surface area contributed by atoms with Gasteiger partial charge in [0.1, 0.15) is 11.6 Å². The predicted octanol–water partition coefficient (Wildman–Crippen LogP) is 3.43. The highest BCUT2D eigenvalue weighted by atomic mass is 35.5. The van der Waals surface area contributed by atoms with E-state index in [9.17, 15) is 4.39 Å². The van der Waals surface area contributed by atoms with E-state index >= 15 is 0 Å². The maximum atomic E-state index is 13.0. The van der Waals surface area contributed by atoms with Gasteiger partial charge in [-0.3, -0.25) is 0 Å². The van der Waals surface area contributed by atoms with Crippen LogP contribution in [0.25, 0.3) is 0 Å². The lowest BCUT2D eigenvalue weighted by atomic mass is 10.2. The van der Waals surface area contributed by atoms with Gasteiger partial charge in [0.25, 0.3) is 0 Å². The molecule has 0 aliphatic rings. The first-order valence-electron chi connectivity index (χ1n) is 5.38. The highest BCUT2D eigenvalue weighted by Crippen LogP contribution is 2.26. The molecule has 0 radical (unpaired) electrons. The van der Waals surface area contributed by atoms with Crippen molar-refractivity contribution in [1.29, 1.82) is 0 Å². The van der Waals surface area contributed by atoms with Crippen molar-refractivity contribution in [2.75, 3.05) is 0 Å². The maximum absolute atomic E-state index is 13.0. The van der Waals surface area contributed by atoms with Crippen molar-refractivity contribution in [3.8, 4) is 11.6 Å². The highest BCUT2D eigenvalue weighted by molar-refractivity contribution is 6.30. The molecule has 1 heterocycles. The van der Waals surface area contributed by atoms with Crippen LogP contribution in [0.5, 0.6) is 11.6 Å². The zero-order valence-corrected chi connectivity index (χ0v) is 10.5. The van der Waals surface area contributed by atoms with E-state index in [4.69, 9.17) is 22.1 Å². The van der Waals surface area contributed by atoms with Crippen molar-refractivity contribution in [3.05, 3.63) is 52.4 Å². The van der Waals surface area contributed by atoms with Gasteiger partial charge in [0, 0.05) is 24.4 Å². The first kappa shape index (κ1) is 12.8. The molecule has 5 heteroatoms. The summed E-state index contributed by atoms with van der Waals surface area (Å²) >= 11 is 5.68. The molecule has 1 aromatic carbocycles. The second kappa shape index (κ2) is 5.33. The third-order valence-corrected chi connectivity index (χ3v) is 2.72. The molecule has 0 amide bonds. The molecule has 0 saturated heterocycles. The van der Waals surface area contributed by atoms with Crippen LogP contribution >= 0.6 is 11.6 Å². The Morgan fingerprint density at radius 3 is 2.78 bits per heavy atom. The molecular weight excluding hydrogens is 255 g/mol. The van der Waals surface area contributed by atoms with E-state index in [1.807, 2.05) is 13.0 Å². The minimum absolute atomic E-state index is 0.0173. The zero-order chi connectivity index (χ0) is 13.1. The van der Waals surface area contributed by atoms with Gasteiger partial charge in [0.2, 0.25) is 5.88 Å². The summed E-state index contributed by atoms with van der Waals surface area (Å²) in [4.78, 5) is 4.16. The number of hydrogen-bond acceptors (Lipinski definition) is 3. The van der Waals surface area contributed by atoms with Gasteiger partial charge < -0.3 is 10.5 Å². The molecule has 2 rings (SSSR count). The van der Waals surface area contributed by atoms with Gasteiger partial charge in [-0.05, 0) is 30.7 Å². The topological polar surface area (TPSA) is 48.1 Å². The van der Waals surface area contributed by atoms with Crippen LogP contribution in [0.1, 0.15) is 11.1 Å². The minimum atomic E-state index is -0.479. The van der Waals surface area contributed by atoms with Crippen LogP contribution in [0.2, 0.25) is 5.02 Å². The van der Waals surface area contributed by atoms with Gasteiger partial charge in [-0.15, -0.1) is 0 Å². The minimum Gasteiger partial charge on any atom is -0.439 e. The molecule has 2 aromatic rings. The van der Waals surface area contributed by atoms with Crippen molar-refractivity contribution in [1.82, 2.24) is 4.98 Å². The highest BCUT2D eigenvalue weighted by Gasteiger charge is 2.06. The average Bonchev–Trinajstić information content (AvgIpc) is 2.36. The van der Waals surface area contributed by atoms with Gasteiger partial charge in [-0.1, -0.05) is 11.6 Å². The Bertz CT molecular complexity index is 575. The Morgan fingerprint density at radius 1 is 1.39 bits per heavy atom. The standard InChI is InChI=1S/C13H12ClFN2O/c1-8-4-9(6-16)7-17-13(8)18-10-2-3-12(15)11(14)5-10/h2-5,7H,6,16H2,1H3. The molecule has 0 spiro atoms. The summed E-state index contributed by atoms with van der Waals surface area (Å²) in [6, 6.07) is 6.06. The second-order valence-electron chi connectivity index (χ2n) is 3.85. The molecule has 0 fully saturated rings. The van der Waals surface area contributed by atoms with Gasteiger partial charge >= 0.3 is 0 Å². The first-order valence-corrected chi connectivity index (χ1v) is 5.76. The molecular formula is C13H12ClFN2O. The summed E-state index contributed by atoms with van der Waals surface area (Å²) in [5.41, 5.74) is 7.31. The van der Waals surface area contributed by atoms with E-state index in [0.717, 1.165) is 11.1 Å². The average molecular weight is 267 g/mol. The molecule has 18 heavy (non-hydrogen) atoms. The predicted molar refractivity (Wildman–Crippen MR) is 68.3 cm³/mol. The van der Waals surface area contributed by atoms with Crippen LogP contribution < -0.4 is 10.5 Å². The molecule has 0 aliphatic carbocycles. The Morgan fingerprint density at radius 2 is 2.17 bits per heavy atom. The van der Waals surface area contributed by atoms with Crippen molar-refractivity contribution >= 4 is 11.6 Å². The fraction of sp³-hybridized carbons (Fsp3) is 0.154. The van der Waals surface area contributed by atoms with E-state index in [1.165, 1.54) is 18.2 Å². The number of pyridine rings is 1. The van der Waals surface area contributed by atoms with Crippen LogP contribution in [0.15, 0.2) is 30.5 Å². The fourth-order valence-corrected chi connectivity index (χ4v) is 1.66. The monoisotopic (exact) mass is 266 g/mol.